The molecule has 0 amide bonds. The fourth-order valence-electron chi connectivity index (χ4n) is 1.69. The Morgan fingerprint density at radius 3 is 2.79 bits per heavy atom. The fraction of sp³-hybridized carbons (Fsp3) is 0.300. The highest BCUT2D eigenvalue weighted by Gasteiger charge is 2.46. The zero-order chi connectivity index (χ0) is 10.2. The minimum Gasteiger partial charge on any atom is -0.300 e. The van der Waals surface area contributed by atoms with E-state index in [2.05, 4.69) is 27.0 Å². The summed E-state index contributed by atoms with van der Waals surface area (Å²) in [5.74, 6) is 0.141. The van der Waals surface area contributed by atoms with Gasteiger partial charge in [-0.1, -0.05) is 6.07 Å². The van der Waals surface area contributed by atoms with Gasteiger partial charge in [0.2, 0.25) is 0 Å². The van der Waals surface area contributed by atoms with Crippen LogP contribution in [0.4, 0.5) is 0 Å². The van der Waals surface area contributed by atoms with Gasteiger partial charge in [-0.25, -0.2) is 4.98 Å². The number of Topliss-reactive ketones (excluding diaryl/α,β-unsaturated/α-hetero) is 1. The second-order valence-corrected chi connectivity index (χ2v) is 4.18. The molecular formula is C10H7BrN2O. The number of rotatable bonds is 1. The molecule has 0 saturated heterocycles. The smallest absolute Gasteiger partial charge is 0.136 e. The summed E-state index contributed by atoms with van der Waals surface area (Å²) in [5, 5.41) is 9.08. The maximum Gasteiger partial charge on any atom is 0.136 e. The first-order valence-corrected chi connectivity index (χ1v) is 5.01. The molecule has 0 unspecified atom stereocenters. The maximum atomic E-state index is 11.0. The van der Waals surface area contributed by atoms with Crippen LogP contribution in [0.25, 0.3) is 0 Å². The van der Waals surface area contributed by atoms with Crippen molar-refractivity contribution >= 4 is 21.7 Å². The zero-order valence-electron chi connectivity index (χ0n) is 7.33. The van der Waals surface area contributed by atoms with Crippen LogP contribution in [0, 0.1) is 11.3 Å². The van der Waals surface area contributed by atoms with Crippen LogP contribution in [-0.4, -0.2) is 10.8 Å². The number of nitrogens with zero attached hydrogens (tertiary/aromatic N) is 2. The largest absolute Gasteiger partial charge is 0.300 e. The Morgan fingerprint density at radius 1 is 1.57 bits per heavy atom. The second-order valence-electron chi connectivity index (χ2n) is 3.43. The molecule has 1 heterocycles. The third kappa shape index (κ3) is 1.25. The van der Waals surface area contributed by atoms with Crippen molar-refractivity contribution in [1.82, 2.24) is 4.98 Å². The third-order valence-corrected chi connectivity index (χ3v) is 3.12. The molecule has 0 atom stereocenters. The fourth-order valence-corrected chi connectivity index (χ4v) is 2.32. The van der Waals surface area contributed by atoms with Gasteiger partial charge in [0, 0.05) is 24.6 Å². The molecule has 1 fully saturated rings. The molecule has 14 heavy (non-hydrogen) atoms. The molecule has 1 aromatic rings. The van der Waals surface area contributed by atoms with Gasteiger partial charge in [-0.15, -0.1) is 0 Å². The summed E-state index contributed by atoms with van der Waals surface area (Å²) in [6.07, 6.45) is 2.28. The van der Waals surface area contributed by atoms with Crippen LogP contribution in [0.15, 0.2) is 22.9 Å². The van der Waals surface area contributed by atoms with Crippen LogP contribution >= 0.6 is 15.9 Å². The maximum absolute atomic E-state index is 11.0. The number of halogens is 1. The van der Waals surface area contributed by atoms with Crippen LogP contribution < -0.4 is 0 Å². The van der Waals surface area contributed by atoms with Gasteiger partial charge in [0.25, 0.3) is 0 Å². The van der Waals surface area contributed by atoms with E-state index in [1.807, 2.05) is 6.07 Å². The summed E-state index contributed by atoms with van der Waals surface area (Å²) in [6, 6.07) is 5.83. The van der Waals surface area contributed by atoms with E-state index in [9.17, 15) is 4.79 Å². The molecule has 0 N–H and O–H groups in total. The van der Waals surface area contributed by atoms with E-state index < -0.39 is 5.41 Å². The molecule has 0 bridgehead atoms. The van der Waals surface area contributed by atoms with Gasteiger partial charge in [0.15, 0.2) is 0 Å². The summed E-state index contributed by atoms with van der Waals surface area (Å²) in [4.78, 5) is 15.0. The number of pyridine rings is 1. The average Bonchev–Trinajstić information content (AvgIpc) is 2.14. The molecular weight excluding hydrogens is 244 g/mol. The van der Waals surface area contributed by atoms with E-state index in [1.165, 1.54) is 0 Å². The standard InChI is InChI=1S/C10H7BrN2O/c11-9-8(2-1-3-13-9)10(6-12)4-7(14)5-10/h1-3H,4-5H2. The van der Waals surface area contributed by atoms with Crippen molar-refractivity contribution in [3.05, 3.63) is 28.5 Å². The molecule has 1 aliphatic carbocycles. The Labute approximate surface area is 89.9 Å². The number of aromatic nitrogens is 1. The van der Waals surface area contributed by atoms with Crippen molar-refractivity contribution in [1.29, 1.82) is 5.26 Å². The number of nitriles is 1. The summed E-state index contributed by atoms with van der Waals surface area (Å²) >= 11 is 3.29. The topological polar surface area (TPSA) is 53.8 Å². The lowest BCUT2D eigenvalue weighted by atomic mass is 9.65. The molecule has 0 aliphatic heterocycles. The predicted molar refractivity (Wildman–Crippen MR) is 53.5 cm³/mol. The van der Waals surface area contributed by atoms with Gasteiger partial charge in [-0.3, -0.25) is 4.79 Å². The minimum absolute atomic E-state index is 0.141. The van der Waals surface area contributed by atoms with E-state index in [4.69, 9.17) is 5.26 Å². The van der Waals surface area contributed by atoms with Crippen LogP contribution in [-0.2, 0) is 10.2 Å². The molecule has 70 valence electrons. The Balaban J connectivity index is 2.45. The van der Waals surface area contributed by atoms with Gasteiger partial charge in [-0.05, 0) is 22.0 Å². The lowest BCUT2D eigenvalue weighted by Gasteiger charge is -2.34. The number of carbonyl (C=O) groups excluding carboxylic acids is 1. The highest BCUT2D eigenvalue weighted by molar-refractivity contribution is 9.10. The van der Waals surface area contributed by atoms with E-state index in [1.54, 1.807) is 12.3 Å². The molecule has 0 aromatic carbocycles. The number of carbonyl (C=O) groups is 1. The third-order valence-electron chi connectivity index (χ3n) is 2.49. The Bertz CT molecular complexity index is 428. The highest BCUT2D eigenvalue weighted by Crippen LogP contribution is 2.42. The van der Waals surface area contributed by atoms with Crippen LogP contribution in [0.1, 0.15) is 18.4 Å². The Morgan fingerprint density at radius 2 is 2.29 bits per heavy atom. The summed E-state index contributed by atoms with van der Waals surface area (Å²) in [6.45, 7) is 0. The summed E-state index contributed by atoms with van der Waals surface area (Å²) in [7, 11) is 0. The van der Waals surface area contributed by atoms with E-state index in [-0.39, 0.29) is 5.78 Å². The predicted octanol–water partition coefficient (Wildman–Crippen LogP) is 1.97. The van der Waals surface area contributed by atoms with Crippen LogP contribution in [0.2, 0.25) is 0 Å². The van der Waals surface area contributed by atoms with Crippen molar-refractivity contribution in [2.75, 3.05) is 0 Å². The first-order valence-electron chi connectivity index (χ1n) is 4.22. The van der Waals surface area contributed by atoms with E-state index in [0.29, 0.717) is 17.4 Å². The van der Waals surface area contributed by atoms with Crippen LogP contribution in [0.5, 0.6) is 0 Å². The van der Waals surface area contributed by atoms with Gasteiger partial charge in [0.1, 0.15) is 10.4 Å². The van der Waals surface area contributed by atoms with E-state index in [0.717, 1.165) is 5.56 Å². The molecule has 1 aliphatic rings. The van der Waals surface area contributed by atoms with Gasteiger partial charge in [-0.2, -0.15) is 5.26 Å². The molecule has 0 radical (unpaired) electrons. The minimum atomic E-state index is -0.635. The lowest BCUT2D eigenvalue weighted by molar-refractivity contribution is -0.126. The molecule has 1 saturated carbocycles. The molecule has 2 rings (SSSR count). The Kier molecular flexibility index (Phi) is 2.12. The lowest BCUT2D eigenvalue weighted by Crippen LogP contribution is -2.40. The summed E-state index contributed by atoms with van der Waals surface area (Å²) < 4.78 is 0.661. The monoisotopic (exact) mass is 250 g/mol. The van der Waals surface area contributed by atoms with Crippen molar-refractivity contribution < 1.29 is 4.79 Å². The first kappa shape index (κ1) is 9.35. The van der Waals surface area contributed by atoms with E-state index >= 15 is 0 Å². The quantitative estimate of drug-likeness (QED) is 0.717. The van der Waals surface area contributed by atoms with Gasteiger partial charge >= 0.3 is 0 Å². The number of ketones is 1. The number of hydrogen-bond donors (Lipinski definition) is 0. The number of hydrogen-bond acceptors (Lipinski definition) is 3. The van der Waals surface area contributed by atoms with Crippen molar-refractivity contribution in [2.24, 2.45) is 0 Å². The second kappa shape index (κ2) is 3.18. The van der Waals surface area contributed by atoms with Gasteiger partial charge in [0.05, 0.1) is 11.5 Å². The SMILES string of the molecule is N#CC1(c2cccnc2Br)CC(=O)C1. The zero-order valence-corrected chi connectivity index (χ0v) is 8.91. The molecule has 1 aromatic heterocycles. The van der Waals surface area contributed by atoms with Crippen molar-refractivity contribution in [3.63, 3.8) is 0 Å². The highest BCUT2D eigenvalue weighted by atomic mass is 79.9. The first-order chi connectivity index (χ1) is 6.68. The van der Waals surface area contributed by atoms with Crippen molar-refractivity contribution in [2.45, 2.75) is 18.3 Å². The molecule has 4 heteroatoms. The van der Waals surface area contributed by atoms with Crippen molar-refractivity contribution in [3.8, 4) is 6.07 Å². The normalized spacial score (nSPS) is 18.4. The van der Waals surface area contributed by atoms with Gasteiger partial charge < -0.3 is 0 Å². The average molecular weight is 251 g/mol. The van der Waals surface area contributed by atoms with Crippen LogP contribution in [0.3, 0.4) is 0 Å². The summed E-state index contributed by atoms with van der Waals surface area (Å²) in [5.41, 5.74) is 0.187. The Hall–Kier alpha value is -1.21. The molecule has 3 nitrogen and oxygen atoms in total. The molecule has 0 spiro atoms.